The summed E-state index contributed by atoms with van der Waals surface area (Å²) in [6.07, 6.45) is 1.45. The van der Waals surface area contributed by atoms with Gasteiger partial charge in [0.2, 0.25) is 0 Å². The summed E-state index contributed by atoms with van der Waals surface area (Å²) in [5.74, 6) is -0.955. The molecule has 1 aliphatic heterocycles. The smallest absolute Gasteiger partial charge is 0.178 e. The highest BCUT2D eigenvalue weighted by Crippen LogP contribution is 2.46. The fourth-order valence-electron chi connectivity index (χ4n) is 2.89. The van der Waals surface area contributed by atoms with Gasteiger partial charge in [0.25, 0.3) is 0 Å². The molecule has 2 N–H and O–H groups in total. The average molecular weight is 356 g/mol. The van der Waals surface area contributed by atoms with Gasteiger partial charge in [-0.25, -0.2) is 4.39 Å². The molecule has 0 radical (unpaired) electrons. The number of phenolic OH excluding ortho intramolecular Hbond substituents is 2. The minimum atomic E-state index is -0.365. The molecule has 0 spiro atoms. The lowest BCUT2D eigenvalue weighted by molar-refractivity contribution is 0.256. The van der Waals surface area contributed by atoms with Crippen molar-refractivity contribution in [1.29, 1.82) is 0 Å². The Bertz CT molecular complexity index is 735. The van der Waals surface area contributed by atoms with Crippen LogP contribution in [0.2, 0.25) is 10.0 Å². The number of hydrogen-bond donors (Lipinski definition) is 2. The first-order chi connectivity index (χ1) is 11.0. The number of rotatable bonds is 3. The molecule has 3 nitrogen and oxygen atoms in total. The van der Waals surface area contributed by atoms with Crippen molar-refractivity contribution in [1.82, 2.24) is 4.90 Å². The highest BCUT2D eigenvalue weighted by molar-refractivity contribution is 6.36. The van der Waals surface area contributed by atoms with Crippen LogP contribution in [0.3, 0.4) is 0 Å². The Balaban J connectivity index is 1.74. The highest BCUT2D eigenvalue weighted by Gasteiger charge is 2.26. The molecule has 122 valence electrons. The summed E-state index contributed by atoms with van der Waals surface area (Å²) in [5.41, 5.74) is 2.62. The van der Waals surface area contributed by atoms with Gasteiger partial charge in [0, 0.05) is 19.6 Å². The molecule has 0 unspecified atom stereocenters. The number of hydrogen-bond acceptors (Lipinski definition) is 3. The van der Waals surface area contributed by atoms with Crippen LogP contribution in [0.15, 0.2) is 24.3 Å². The molecule has 23 heavy (non-hydrogen) atoms. The van der Waals surface area contributed by atoms with Gasteiger partial charge in [0.1, 0.15) is 5.82 Å². The Morgan fingerprint density at radius 3 is 2.26 bits per heavy atom. The first-order valence-electron chi connectivity index (χ1n) is 7.34. The number of benzene rings is 2. The molecule has 0 atom stereocenters. The first kappa shape index (κ1) is 16.4. The van der Waals surface area contributed by atoms with Crippen molar-refractivity contribution in [3.63, 3.8) is 0 Å². The fourth-order valence-corrected chi connectivity index (χ4v) is 3.45. The minimum Gasteiger partial charge on any atom is -0.503 e. The van der Waals surface area contributed by atoms with E-state index in [1.807, 2.05) is 0 Å². The van der Waals surface area contributed by atoms with E-state index in [0.717, 1.165) is 36.2 Å². The third-order valence-corrected chi connectivity index (χ3v) is 5.04. The van der Waals surface area contributed by atoms with E-state index in [2.05, 4.69) is 4.90 Å². The lowest BCUT2D eigenvalue weighted by atomic mass is 9.98. The van der Waals surface area contributed by atoms with Crippen LogP contribution in [-0.4, -0.2) is 28.2 Å². The molecular weight excluding hydrogens is 340 g/mol. The van der Waals surface area contributed by atoms with Crippen LogP contribution < -0.4 is 0 Å². The van der Waals surface area contributed by atoms with E-state index < -0.39 is 0 Å². The van der Waals surface area contributed by atoms with Crippen molar-refractivity contribution >= 4 is 23.2 Å². The van der Waals surface area contributed by atoms with Gasteiger partial charge in [0.05, 0.1) is 10.0 Å². The van der Waals surface area contributed by atoms with Crippen molar-refractivity contribution in [3.05, 3.63) is 56.8 Å². The molecule has 0 saturated heterocycles. The maximum absolute atomic E-state index is 12.9. The Kier molecular flexibility index (Phi) is 4.67. The largest absolute Gasteiger partial charge is 0.503 e. The molecule has 1 heterocycles. The number of halogens is 3. The Hall–Kier alpha value is -1.49. The van der Waals surface area contributed by atoms with Gasteiger partial charge in [0.15, 0.2) is 11.5 Å². The first-order valence-corrected chi connectivity index (χ1v) is 8.10. The third-order valence-electron chi connectivity index (χ3n) is 4.22. The zero-order valence-electron chi connectivity index (χ0n) is 12.3. The van der Waals surface area contributed by atoms with Crippen molar-refractivity contribution < 1.29 is 14.6 Å². The number of phenols is 2. The Morgan fingerprint density at radius 2 is 1.61 bits per heavy atom. The molecule has 0 saturated carbocycles. The van der Waals surface area contributed by atoms with Crippen LogP contribution in [-0.2, 0) is 19.4 Å². The number of nitrogens with zero attached hydrogens (tertiary/aromatic N) is 1. The summed E-state index contributed by atoms with van der Waals surface area (Å²) >= 11 is 12.3. The summed E-state index contributed by atoms with van der Waals surface area (Å²) in [4.78, 5) is 2.20. The maximum atomic E-state index is 12.9. The summed E-state index contributed by atoms with van der Waals surface area (Å²) in [5, 5.41) is 20.0. The quantitative estimate of drug-likeness (QED) is 0.813. The fraction of sp³-hybridized carbons (Fsp3) is 0.294. The van der Waals surface area contributed by atoms with Crippen LogP contribution in [0.4, 0.5) is 4.39 Å². The van der Waals surface area contributed by atoms with Crippen LogP contribution in [0.25, 0.3) is 0 Å². The standard InChI is InChI=1S/C17H16Cl2FNO2/c18-14-12-6-8-21(7-5-10-1-3-11(20)4-2-10)9-13(12)15(19)17(23)16(14)22/h1-4,22-23H,5-9H2. The molecule has 2 aromatic carbocycles. The highest BCUT2D eigenvalue weighted by atomic mass is 35.5. The van der Waals surface area contributed by atoms with Crippen LogP contribution in [0, 0.1) is 5.82 Å². The number of fused-ring (bicyclic) bond motifs is 1. The molecular formula is C17H16Cl2FNO2. The normalized spacial score (nSPS) is 14.7. The summed E-state index contributed by atoms with van der Waals surface area (Å²) < 4.78 is 12.9. The lowest BCUT2D eigenvalue weighted by Gasteiger charge is -2.30. The molecule has 0 aliphatic carbocycles. The van der Waals surface area contributed by atoms with Crippen molar-refractivity contribution in [2.75, 3.05) is 13.1 Å². The zero-order valence-corrected chi connectivity index (χ0v) is 13.8. The second kappa shape index (κ2) is 6.56. The summed E-state index contributed by atoms with van der Waals surface area (Å²) in [6.45, 7) is 2.14. The van der Waals surface area contributed by atoms with E-state index in [-0.39, 0.29) is 27.4 Å². The van der Waals surface area contributed by atoms with Crippen LogP contribution in [0.1, 0.15) is 16.7 Å². The van der Waals surface area contributed by atoms with E-state index in [1.54, 1.807) is 12.1 Å². The maximum Gasteiger partial charge on any atom is 0.178 e. The summed E-state index contributed by atoms with van der Waals surface area (Å²) in [7, 11) is 0. The molecule has 1 aliphatic rings. The molecule has 3 rings (SSSR count). The topological polar surface area (TPSA) is 43.7 Å². The van der Waals surface area contributed by atoms with E-state index in [0.29, 0.717) is 13.0 Å². The monoisotopic (exact) mass is 355 g/mol. The van der Waals surface area contributed by atoms with E-state index in [9.17, 15) is 14.6 Å². The van der Waals surface area contributed by atoms with Crippen LogP contribution >= 0.6 is 23.2 Å². The molecule has 0 fully saturated rings. The van der Waals surface area contributed by atoms with Gasteiger partial charge in [-0.1, -0.05) is 35.3 Å². The Labute approximate surface area is 143 Å². The zero-order chi connectivity index (χ0) is 16.6. The van der Waals surface area contributed by atoms with Gasteiger partial charge in [-0.15, -0.1) is 0 Å². The Morgan fingerprint density at radius 1 is 1.00 bits per heavy atom. The van der Waals surface area contributed by atoms with Crippen molar-refractivity contribution in [3.8, 4) is 11.5 Å². The number of aromatic hydroxyl groups is 2. The predicted octanol–water partition coefficient (Wildman–Crippen LogP) is 4.14. The second-order valence-corrected chi connectivity index (χ2v) is 6.44. The van der Waals surface area contributed by atoms with Gasteiger partial charge in [-0.2, -0.15) is 0 Å². The van der Waals surface area contributed by atoms with Gasteiger partial charge < -0.3 is 10.2 Å². The van der Waals surface area contributed by atoms with Crippen LogP contribution in [0.5, 0.6) is 11.5 Å². The SMILES string of the molecule is Oc1c(O)c(Cl)c2c(c1Cl)CCN(CCc1ccc(F)cc1)C2. The average Bonchev–Trinajstić information content (AvgIpc) is 2.57. The molecule has 2 aromatic rings. The van der Waals surface area contributed by atoms with E-state index in [1.165, 1.54) is 12.1 Å². The van der Waals surface area contributed by atoms with Crippen molar-refractivity contribution in [2.24, 2.45) is 0 Å². The minimum absolute atomic E-state index is 0.161. The van der Waals surface area contributed by atoms with Gasteiger partial charge in [-0.3, -0.25) is 4.90 Å². The van der Waals surface area contributed by atoms with Crippen molar-refractivity contribution in [2.45, 2.75) is 19.4 Å². The van der Waals surface area contributed by atoms with E-state index in [4.69, 9.17) is 23.2 Å². The molecule has 0 amide bonds. The molecule has 0 aromatic heterocycles. The van der Waals surface area contributed by atoms with Gasteiger partial charge in [-0.05, 0) is 41.7 Å². The molecule has 6 heteroatoms. The predicted molar refractivity (Wildman–Crippen MR) is 88.9 cm³/mol. The molecule has 0 bridgehead atoms. The summed E-state index contributed by atoms with van der Waals surface area (Å²) in [6, 6.07) is 6.47. The third kappa shape index (κ3) is 3.25. The van der Waals surface area contributed by atoms with E-state index >= 15 is 0 Å². The second-order valence-electron chi connectivity index (χ2n) is 5.68. The van der Waals surface area contributed by atoms with Gasteiger partial charge >= 0.3 is 0 Å². The lowest BCUT2D eigenvalue weighted by Crippen LogP contribution is -2.32.